The van der Waals surface area contributed by atoms with Crippen molar-refractivity contribution in [3.8, 4) is 0 Å². The van der Waals surface area contributed by atoms with Crippen LogP contribution in [0.4, 0.5) is 0 Å². The summed E-state index contributed by atoms with van der Waals surface area (Å²) >= 11 is 0. The lowest BCUT2D eigenvalue weighted by Crippen LogP contribution is -2.40. The van der Waals surface area contributed by atoms with Gasteiger partial charge in [-0.1, -0.05) is 0 Å². The van der Waals surface area contributed by atoms with Gasteiger partial charge in [0.15, 0.2) is 0 Å². The average Bonchev–Trinajstić information content (AvgIpc) is 2.86. The summed E-state index contributed by atoms with van der Waals surface area (Å²) in [5.74, 6) is 0. The molecule has 0 radical (unpaired) electrons. The topological polar surface area (TPSA) is 69.2 Å². The number of rotatable bonds is 5. The molecule has 0 amide bonds. The molecule has 0 aliphatic carbocycles. The van der Waals surface area contributed by atoms with Gasteiger partial charge in [-0.3, -0.25) is 9.36 Å². The summed E-state index contributed by atoms with van der Waals surface area (Å²) in [6, 6.07) is 3.25. The first-order valence-corrected chi connectivity index (χ1v) is 5.67. The van der Waals surface area contributed by atoms with E-state index in [2.05, 4.69) is 5.32 Å². The molecule has 6 nitrogen and oxygen atoms in total. The molecular formula is C12H15N3O3. The van der Waals surface area contributed by atoms with Crippen molar-refractivity contribution in [1.82, 2.24) is 14.5 Å². The molecule has 2 rings (SSSR count). The van der Waals surface area contributed by atoms with Crippen LogP contribution in [0.25, 0.3) is 0 Å². The maximum atomic E-state index is 11.7. The summed E-state index contributed by atoms with van der Waals surface area (Å²) in [6.07, 6.45) is 4.73. The van der Waals surface area contributed by atoms with E-state index in [-0.39, 0.29) is 11.2 Å². The lowest BCUT2D eigenvalue weighted by Gasteiger charge is -2.07. The monoisotopic (exact) mass is 249 g/mol. The maximum absolute atomic E-state index is 11.7. The van der Waals surface area contributed by atoms with Crippen LogP contribution in [0.15, 0.2) is 44.9 Å². The van der Waals surface area contributed by atoms with Crippen LogP contribution in [0.3, 0.4) is 0 Å². The third kappa shape index (κ3) is 2.78. The van der Waals surface area contributed by atoms with E-state index in [0.717, 1.165) is 5.56 Å². The smallest absolute Gasteiger partial charge is 0.330 e. The third-order valence-corrected chi connectivity index (χ3v) is 2.66. The molecule has 18 heavy (non-hydrogen) atoms. The van der Waals surface area contributed by atoms with Crippen LogP contribution >= 0.6 is 0 Å². The van der Waals surface area contributed by atoms with E-state index in [0.29, 0.717) is 19.6 Å². The van der Waals surface area contributed by atoms with Crippen LogP contribution in [0.5, 0.6) is 0 Å². The first-order valence-electron chi connectivity index (χ1n) is 5.67. The number of hydrogen-bond acceptors (Lipinski definition) is 4. The van der Waals surface area contributed by atoms with Gasteiger partial charge < -0.3 is 14.3 Å². The van der Waals surface area contributed by atoms with E-state index < -0.39 is 0 Å². The van der Waals surface area contributed by atoms with Crippen molar-refractivity contribution in [3.05, 3.63) is 57.3 Å². The van der Waals surface area contributed by atoms with Crippen molar-refractivity contribution >= 4 is 0 Å². The molecule has 1 N–H and O–H groups in total. The fourth-order valence-electron chi connectivity index (χ4n) is 1.64. The minimum absolute atomic E-state index is 0.275. The van der Waals surface area contributed by atoms with E-state index >= 15 is 0 Å². The highest BCUT2D eigenvalue weighted by molar-refractivity contribution is 5.04. The van der Waals surface area contributed by atoms with Gasteiger partial charge in [-0.2, -0.15) is 0 Å². The van der Waals surface area contributed by atoms with Crippen molar-refractivity contribution in [3.63, 3.8) is 0 Å². The second-order valence-corrected chi connectivity index (χ2v) is 4.01. The summed E-state index contributed by atoms with van der Waals surface area (Å²) in [5, 5.41) is 3.14. The molecule has 2 aromatic rings. The molecular weight excluding hydrogens is 234 g/mol. The molecule has 0 fully saturated rings. The van der Waals surface area contributed by atoms with Crippen molar-refractivity contribution < 1.29 is 4.42 Å². The van der Waals surface area contributed by atoms with Gasteiger partial charge in [-0.15, -0.1) is 0 Å². The van der Waals surface area contributed by atoms with E-state index in [1.807, 2.05) is 6.07 Å². The Morgan fingerprint density at radius 1 is 1.33 bits per heavy atom. The predicted molar refractivity (Wildman–Crippen MR) is 66.4 cm³/mol. The van der Waals surface area contributed by atoms with Gasteiger partial charge in [0.05, 0.1) is 12.5 Å². The Morgan fingerprint density at radius 3 is 2.89 bits per heavy atom. The van der Waals surface area contributed by atoms with Crippen LogP contribution in [0, 0.1) is 0 Å². The molecule has 0 aliphatic rings. The fraction of sp³-hybridized carbons (Fsp3) is 0.333. The van der Waals surface area contributed by atoms with Gasteiger partial charge >= 0.3 is 5.69 Å². The van der Waals surface area contributed by atoms with Crippen LogP contribution in [-0.4, -0.2) is 15.7 Å². The number of nitrogens with one attached hydrogen (secondary N) is 1. The average molecular weight is 249 g/mol. The van der Waals surface area contributed by atoms with E-state index in [1.165, 1.54) is 21.4 Å². The fourth-order valence-corrected chi connectivity index (χ4v) is 1.64. The molecule has 0 aromatic carbocycles. The summed E-state index contributed by atoms with van der Waals surface area (Å²) in [4.78, 5) is 23.2. The van der Waals surface area contributed by atoms with Gasteiger partial charge in [0, 0.05) is 44.5 Å². The largest absolute Gasteiger partial charge is 0.472 e. The Labute approximate surface area is 103 Å². The zero-order chi connectivity index (χ0) is 13.0. The van der Waals surface area contributed by atoms with Crippen molar-refractivity contribution in [1.29, 1.82) is 0 Å². The third-order valence-electron chi connectivity index (χ3n) is 2.66. The van der Waals surface area contributed by atoms with Gasteiger partial charge in [0.25, 0.3) is 5.56 Å². The summed E-state index contributed by atoms with van der Waals surface area (Å²) < 4.78 is 7.53. The van der Waals surface area contributed by atoms with Crippen LogP contribution in [-0.2, 0) is 20.1 Å². The first-order chi connectivity index (χ1) is 8.68. The maximum Gasteiger partial charge on any atom is 0.330 e. The molecule has 0 spiro atoms. The van der Waals surface area contributed by atoms with Crippen molar-refractivity contribution in [2.75, 3.05) is 6.54 Å². The Hall–Kier alpha value is -2.08. The van der Waals surface area contributed by atoms with Gasteiger partial charge in [-0.05, 0) is 6.07 Å². The Balaban J connectivity index is 1.93. The van der Waals surface area contributed by atoms with Gasteiger partial charge in [-0.25, -0.2) is 4.79 Å². The molecule has 2 aromatic heterocycles. The van der Waals surface area contributed by atoms with E-state index in [1.54, 1.807) is 19.6 Å². The normalized spacial score (nSPS) is 10.7. The number of aromatic nitrogens is 2. The SMILES string of the molecule is Cn1ccc(=O)n(CCNCc2ccoc2)c1=O. The molecule has 0 bridgehead atoms. The number of furan rings is 1. The minimum Gasteiger partial charge on any atom is -0.472 e. The molecule has 2 heterocycles. The Kier molecular flexibility index (Phi) is 3.78. The quantitative estimate of drug-likeness (QED) is 0.753. The van der Waals surface area contributed by atoms with Gasteiger partial charge in [0.1, 0.15) is 0 Å². The van der Waals surface area contributed by atoms with Crippen molar-refractivity contribution in [2.45, 2.75) is 13.1 Å². The molecule has 0 atom stereocenters. The lowest BCUT2D eigenvalue weighted by atomic mass is 10.3. The molecule has 0 saturated heterocycles. The zero-order valence-corrected chi connectivity index (χ0v) is 10.1. The molecule has 96 valence electrons. The summed E-state index contributed by atoms with van der Waals surface area (Å²) in [7, 11) is 1.62. The standard InChI is InChI=1S/C12H15N3O3/c1-14-5-2-11(16)15(12(14)17)6-4-13-8-10-3-7-18-9-10/h2-3,5,7,9,13H,4,6,8H2,1H3. The van der Waals surface area contributed by atoms with E-state index in [4.69, 9.17) is 4.42 Å². The van der Waals surface area contributed by atoms with Gasteiger partial charge in [0.2, 0.25) is 0 Å². The lowest BCUT2D eigenvalue weighted by molar-refractivity contribution is 0.537. The molecule has 0 aliphatic heterocycles. The van der Waals surface area contributed by atoms with Crippen LogP contribution < -0.4 is 16.6 Å². The highest BCUT2D eigenvalue weighted by Gasteiger charge is 2.02. The van der Waals surface area contributed by atoms with E-state index in [9.17, 15) is 9.59 Å². The van der Waals surface area contributed by atoms with Crippen molar-refractivity contribution in [2.24, 2.45) is 7.05 Å². The number of hydrogen-bond donors (Lipinski definition) is 1. The van der Waals surface area contributed by atoms with Crippen LogP contribution in [0.1, 0.15) is 5.56 Å². The number of aryl methyl sites for hydroxylation is 1. The highest BCUT2D eigenvalue weighted by Crippen LogP contribution is 1.97. The second-order valence-electron chi connectivity index (χ2n) is 4.01. The Bertz CT molecular complexity index is 610. The Morgan fingerprint density at radius 2 is 2.17 bits per heavy atom. The number of nitrogens with zero attached hydrogens (tertiary/aromatic N) is 2. The highest BCUT2D eigenvalue weighted by atomic mass is 16.3. The molecule has 0 saturated carbocycles. The predicted octanol–water partition coefficient (Wildman–Crippen LogP) is -0.0702. The summed E-state index contributed by atoms with van der Waals surface area (Å²) in [6.45, 7) is 1.55. The second kappa shape index (κ2) is 5.50. The minimum atomic E-state index is -0.299. The molecule has 6 heteroatoms. The summed E-state index contributed by atoms with van der Waals surface area (Å²) in [5.41, 5.74) is 0.458. The zero-order valence-electron chi connectivity index (χ0n) is 10.1. The first kappa shape index (κ1) is 12.4. The van der Waals surface area contributed by atoms with Crippen LogP contribution in [0.2, 0.25) is 0 Å². The molecule has 0 unspecified atom stereocenters.